The Labute approximate surface area is 155 Å². The number of benzene rings is 1. The molecule has 1 aromatic carbocycles. The van der Waals surface area contributed by atoms with Crippen molar-refractivity contribution in [1.29, 1.82) is 0 Å². The maximum atomic E-state index is 13.0. The van der Waals surface area contributed by atoms with Crippen LogP contribution >= 0.6 is 0 Å². The van der Waals surface area contributed by atoms with Gasteiger partial charge in [-0.15, -0.1) is 0 Å². The summed E-state index contributed by atoms with van der Waals surface area (Å²) in [6.45, 7) is 2.86. The van der Waals surface area contributed by atoms with Crippen LogP contribution in [0.2, 0.25) is 0 Å². The van der Waals surface area contributed by atoms with Gasteiger partial charge >= 0.3 is 0 Å². The first-order valence-electron chi connectivity index (χ1n) is 8.53. The normalized spacial score (nSPS) is 17.7. The first kappa shape index (κ1) is 20.3. The fourth-order valence-electron chi connectivity index (χ4n) is 2.83. The molecular formula is C18H21FN3O5-. The number of nitrogens with zero attached hydrogens (tertiary/aromatic N) is 1. The van der Waals surface area contributed by atoms with Crippen LogP contribution in [0.3, 0.4) is 0 Å². The molecule has 9 heteroatoms. The predicted octanol–water partition coefficient (Wildman–Crippen LogP) is -0.814. The molecule has 0 unspecified atom stereocenters. The number of amides is 3. The van der Waals surface area contributed by atoms with Gasteiger partial charge in [0.15, 0.2) is 0 Å². The van der Waals surface area contributed by atoms with Crippen LogP contribution in [0.15, 0.2) is 24.3 Å². The maximum absolute atomic E-state index is 13.0. The van der Waals surface area contributed by atoms with Crippen molar-refractivity contribution >= 4 is 29.4 Å². The van der Waals surface area contributed by atoms with E-state index in [1.54, 1.807) is 13.8 Å². The Morgan fingerprint density at radius 2 is 1.89 bits per heavy atom. The molecule has 27 heavy (non-hydrogen) atoms. The minimum Gasteiger partial charge on any atom is -0.548 e. The second kappa shape index (κ2) is 8.61. The van der Waals surface area contributed by atoms with Crippen molar-refractivity contribution in [2.75, 3.05) is 18.0 Å². The number of aliphatic carboxylic acids is 1. The molecule has 1 aromatic rings. The highest BCUT2D eigenvalue weighted by Crippen LogP contribution is 2.25. The van der Waals surface area contributed by atoms with Crippen LogP contribution < -0.4 is 20.6 Å². The summed E-state index contributed by atoms with van der Waals surface area (Å²) in [6.07, 6.45) is -0.0330. The van der Waals surface area contributed by atoms with Crippen LogP contribution in [-0.4, -0.2) is 42.8 Å². The van der Waals surface area contributed by atoms with E-state index >= 15 is 0 Å². The van der Waals surface area contributed by atoms with Gasteiger partial charge in [-0.2, -0.15) is 0 Å². The van der Waals surface area contributed by atoms with Crippen molar-refractivity contribution in [2.24, 2.45) is 11.8 Å². The molecule has 1 heterocycles. The van der Waals surface area contributed by atoms with Gasteiger partial charge in [0.25, 0.3) is 0 Å². The van der Waals surface area contributed by atoms with Gasteiger partial charge in [0.2, 0.25) is 17.7 Å². The minimum absolute atomic E-state index is 0.0330. The molecule has 3 amide bonds. The monoisotopic (exact) mass is 378 g/mol. The zero-order valence-electron chi connectivity index (χ0n) is 15.0. The average Bonchev–Trinajstić information content (AvgIpc) is 2.99. The van der Waals surface area contributed by atoms with E-state index in [4.69, 9.17) is 0 Å². The van der Waals surface area contributed by atoms with Crippen molar-refractivity contribution in [2.45, 2.75) is 26.3 Å². The third-order valence-electron chi connectivity index (χ3n) is 4.29. The van der Waals surface area contributed by atoms with Gasteiger partial charge in [-0.05, 0) is 30.2 Å². The van der Waals surface area contributed by atoms with Crippen molar-refractivity contribution < 1.29 is 28.7 Å². The number of hydrogen-bond donors (Lipinski definition) is 2. The van der Waals surface area contributed by atoms with Crippen LogP contribution in [0.25, 0.3) is 0 Å². The summed E-state index contributed by atoms with van der Waals surface area (Å²) in [5.41, 5.74) is 0.490. The van der Waals surface area contributed by atoms with Gasteiger partial charge in [-0.3, -0.25) is 14.4 Å². The first-order chi connectivity index (χ1) is 12.7. The van der Waals surface area contributed by atoms with E-state index in [1.165, 1.54) is 29.2 Å². The van der Waals surface area contributed by atoms with Crippen LogP contribution in [-0.2, 0) is 19.2 Å². The van der Waals surface area contributed by atoms with Crippen molar-refractivity contribution in [1.82, 2.24) is 10.6 Å². The maximum Gasteiger partial charge on any atom is 0.243 e. The van der Waals surface area contributed by atoms with Crippen molar-refractivity contribution in [3.05, 3.63) is 30.1 Å². The van der Waals surface area contributed by atoms with E-state index in [2.05, 4.69) is 10.6 Å². The summed E-state index contributed by atoms with van der Waals surface area (Å²) in [5.74, 6) is -4.21. The quantitative estimate of drug-likeness (QED) is 0.643. The molecular weight excluding hydrogens is 357 g/mol. The van der Waals surface area contributed by atoms with Gasteiger partial charge in [-0.25, -0.2) is 4.39 Å². The largest absolute Gasteiger partial charge is 0.548 e. The molecule has 0 saturated carbocycles. The van der Waals surface area contributed by atoms with E-state index < -0.39 is 42.1 Å². The lowest BCUT2D eigenvalue weighted by Crippen LogP contribution is -2.53. The topological polar surface area (TPSA) is 119 Å². The number of rotatable bonds is 7. The highest BCUT2D eigenvalue weighted by Gasteiger charge is 2.37. The number of halogens is 1. The Hall–Kier alpha value is -2.97. The van der Waals surface area contributed by atoms with E-state index in [-0.39, 0.29) is 24.8 Å². The van der Waals surface area contributed by atoms with Gasteiger partial charge < -0.3 is 25.4 Å². The zero-order valence-corrected chi connectivity index (χ0v) is 15.0. The molecule has 1 saturated heterocycles. The Balaban J connectivity index is 2.01. The van der Waals surface area contributed by atoms with Crippen LogP contribution in [0.5, 0.6) is 0 Å². The van der Waals surface area contributed by atoms with E-state index in [1.807, 2.05) is 0 Å². The molecule has 8 nitrogen and oxygen atoms in total. The molecule has 2 rings (SSSR count). The van der Waals surface area contributed by atoms with E-state index in [0.29, 0.717) is 5.69 Å². The number of anilines is 1. The number of carbonyl (C=O) groups excluding carboxylic acids is 4. The van der Waals surface area contributed by atoms with Crippen LogP contribution in [0.1, 0.15) is 20.3 Å². The summed E-state index contributed by atoms with van der Waals surface area (Å²) < 4.78 is 13.0. The highest BCUT2D eigenvalue weighted by molar-refractivity contribution is 6.01. The Morgan fingerprint density at radius 3 is 2.44 bits per heavy atom. The fraction of sp³-hybridized carbons (Fsp3) is 0.444. The smallest absolute Gasteiger partial charge is 0.243 e. The van der Waals surface area contributed by atoms with Gasteiger partial charge in [0, 0.05) is 18.7 Å². The lowest BCUT2D eigenvalue weighted by molar-refractivity contribution is -0.304. The van der Waals surface area contributed by atoms with Crippen LogP contribution in [0, 0.1) is 17.7 Å². The molecule has 2 N–H and O–H groups in total. The summed E-state index contributed by atoms with van der Waals surface area (Å²) in [7, 11) is 0. The molecule has 0 spiro atoms. The number of carbonyl (C=O) groups is 4. The predicted molar refractivity (Wildman–Crippen MR) is 91.6 cm³/mol. The molecule has 0 bridgehead atoms. The lowest BCUT2D eigenvalue weighted by Gasteiger charge is -2.23. The zero-order chi connectivity index (χ0) is 20.1. The summed E-state index contributed by atoms with van der Waals surface area (Å²) in [5, 5.41) is 15.2. The van der Waals surface area contributed by atoms with Crippen molar-refractivity contribution in [3.63, 3.8) is 0 Å². The third-order valence-corrected chi connectivity index (χ3v) is 4.29. The van der Waals surface area contributed by atoms with Gasteiger partial charge in [0.1, 0.15) is 11.9 Å². The Morgan fingerprint density at radius 1 is 1.26 bits per heavy atom. The summed E-state index contributed by atoms with van der Waals surface area (Å²) in [4.78, 5) is 48.7. The number of hydrogen-bond acceptors (Lipinski definition) is 5. The Bertz CT molecular complexity index is 735. The second-order valence-corrected chi connectivity index (χ2v) is 6.70. The summed E-state index contributed by atoms with van der Waals surface area (Å²) >= 11 is 0. The molecule has 0 aromatic heterocycles. The van der Waals surface area contributed by atoms with E-state index in [0.717, 1.165) is 0 Å². The minimum atomic E-state index is -1.44. The number of nitrogens with one attached hydrogen (secondary N) is 2. The highest BCUT2D eigenvalue weighted by atomic mass is 19.1. The van der Waals surface area contributed by atoms with Crippen molar-refractivity contribution in [3.8, 4) is 0 Å². The molecule has 2 atom stereocenters. The second-order valence-electron chi connectivity index (χ2n) is 6.70. The number of carboxylic acid groups (broad SMARTS) is 1. The van der Waals surface area contributed by atoms with Gasteiger partial charge in [-0.1, -0.05) is 13.8 Å². The van der Waals surface area contributed by atoms with Crippen LogP contribution in [0.4, 0.5) is 10.1 Å². The third kappa shape index (κ3) is 5.25. The first-order valence-corrected chi connectivity index (χ1v) is 8.53. The molecule has 1 fully saturated rings. The standard InChI is InChI=1S/C18H22FN3O5/c1-10(2)16(18(27)20-8-15(24)25)21-17(26)11-7-14(23)22(9-11)13-5-3-12(19)4-6-13/h3-6,10-11,16H,7-9H2,1-2H3,(H,20,27)(H,21,26)(H,24,25)/p-1/t11-,16-/m0/s1. The van der Waals surface area contributed by atoms with E-state index in [9.17, 15) is 28.7 Å². The summed E-state index contributed by atoms with van der Waals surface area (Å²) in [6, 6.07) is 4.43. The molecule has 1 aliphatic heterocycles. The molecule has 0 aliphatic carbocycles. The molecule has 1 aliphatic rings. The lowest BCUT2D eigenvalue weighted by atomic mass is 10.0. The number of carboxylic acids is 1. The van der Waals surface area contributed by atoms with Gasteiger partial charge in [0.05, 0.1) is 18.4 Å². The molecule has 146 valence electrons. The average molecular weight is 378 g/mol. The molecule has 0 radical (unpaired) electrons. The fourth-order valence-corrected chi connectivity index (χ4v) is 2.83. The Kier molecular flexibility index (Phi) is 6.49. The SMILES string of the molecule is CC(C)[C@H](NC(=O)[C@H]1CC(=O)N(c2ccc(F)cc2)C1)C(=O)NCC(=O)[O-].